The summed E-state index contributed by atoms with van der Waals surface area (Å²) < 4.78 is 0. The minimum atomic E-state index is 0.595. The van der Waals surface area contributed by atoms with Crippen LogP contribution in [0.1, 0.15) is 67.3 Å². The van der Waals surface area contributed by atoms with E-state index in [9.17, 15) is 0 Å². The van der Waals surface area contributed by atoms with Gasteiger partial charge in [-0.2, -0.15) is 0 Å². The van der Waals surface area contributed by atoms with Gasteiger partial charge in [-0.05, 0) is 86.6 Å². The van der Waals surface area contributed by atoms with Crippen molar-refractivity contribution in [2.75, 3.05) is 6.54 Å². The fraction of sp³-hybridized carbons (Fsp3) is 0.700. The van der Waals surface area contributed by atoms with Crippen molar-refractivity contribution in [2.24, 2.45) is 17.8 Å². The molecule has 0 spiro atoms. The van der Waals surface area contributed by atoms with Gasteiger partial charge in [0.05, 0.1) is 0 Å². The second-order valence-electron chi connectivity index (χ2n) is 7.41. The standard InChI is InChI=1S/C20H31N/c1-5-10-21-20(19-16-8-6-7-9-17(16)19)18-12-14(3)13(2)11-15(18)4/h11-12,16-17,19-21H,5-10H2,1-4H3. The molecule has 1 nitrogen and oxygen atoms in total. The average molecular weight is 285 g/mol. The number of rotatable bonds is 5. The second-order valence-corrected chi connectivity index (χ2v) is 7.41. The highest BCUT2D eigenvalue weighted by Crippen LogP contribution is 2.60. The molecule has 2 saturated carbocycles. The first-order valence-electron chi connectivity index (χ1n) is 8.94. The van der Waals surface area contributed by atoms with Crippen molar-refractivity contribution in [3.05, 3.63) is 34.4 Å². The molecule has 3 rings (SSSR count). The van der Waals surface area contributed by atoms with Gasteiger partial charge in [-0.3, -0.25) is 0 Å². The van der Waals surface area contributed by atoms with Crippen LogP contribution in [-0.2, 0) is 0 Å². The first kappa shape index (κ1) is 15.1. The summed E-state index contributed by atoms with van der Waals surface area (Å²) in [5.74, 6) is 2.92. The molecular formula is C20H31N. The Bertz CT molecular complexity index is 493. The van der Waals surface area contributed by atoms with Crippen molar-refractivity contribution in [3.63, 3.8) is 0 Å². The minimum Gasteiger partial charge on any atom is -0.310 e. The maximum atomic E-state index is 3.89. The van der Waals surface area contributed by atoms with Crippen molar-refractivity contribution in [1.29, 1.82) is 0 Å². The topological polar surface area (TPSA) is 12.0 Å². The maximum absolute atomic E-state index is 3.89. The van der Waals surface area contributed by atoms with E-state index in [0.29, 0.717) is 6.04 Å². The van der Waals surface area contributed by atoms with Crippen LogP contribution >= 0.6 is 0 Å². The molecule has 2 fully saturated rings. The third-order valence-corrected chi connectivity index (χ3v) is 5.94. The molecule has 21 heavy (non-hydrogen) atoms. The average Bonchev–Trinajstić information content (AvgIpc) is 3.19. The van der Waals surface area contributed by atoms with E-state index in [1.54, 1.807) is 5.56 Å². The van der Waals surface area contributed by atoms with Crippen molar-refractivity contribution >= 4 is 0 Å². The molecule has 0 saturated heterocycles. The monoisotopic (exact) mass is 285 g/mol. The number of nitrogens with one attached hydrogen (secondary N) is 1. The quantitative estimate of drug-likeness (QED) is 0.794. The molecular weight excluding hydrogens is 254 g/mol. The maximum Gasteiger partial charge on any atom is 0.0356 e. The van der Waals surface area contributed by atoms with Crippen LogP contribution in [0.5, 0.6) is 0 Å². The Hall–Kier alpha value is -0.820. The van der Waals surface area contributed by atoms with Crippen LogP contribution in [-0.4, -0.2) is 6.54 Å². The summed E-state index contributed by atoms with van der Waals surface area (Å²) in [6.45, 7) is 10.2. The highest BCUT2D eigenvalue weighted by atomic mass is 14.9. The van der Waals surface area contributed by atoms with Gasteiger partial charge in [-0.1, -0.05) is 31.9 Å². The lowest BCUT2D eigenvalue weighted by molar-refractivity contribution is 0.443. The van der Waals surface area contributed by atoms with Crippen LogP contribution in [0.15, 0.2) is 12.1 Å². The molecule has 2 aliphatic carbocycles. The van der Waals surface area contributed by atoms with Crippen LogP contribution in [0.3, 0.4) is 0 Å². The van der Waals surface area contributed by atoms with E-state index in [-0.39, 0.29) is 0 Å². The molecule has 1 heteroatoms. The summed E-state index contributed by atoms with van der Waals surface area (Å²) in [5, 5.41) is 3.89. The Kier molecular flexibility index (Phi) is 4.40. The largest absolute Gasteiger partial charge is 0.310 e. The number of aryl methyl sites for hydroxylation is 3. The van der Waals surface area contributed by atoms with Crippen molar-refractivity contribution in [2.45, 2.75) is 65.8 Å². The summed E-state index contributed by atoms with van der Waals surface area (Å²) in [7, 11) is 0. The highest BCUT2D eigenvalue weighted by Gasteiger charge is 2.54. The number of hydrogen-bond acceptors (Lipinski definition) is 1. The van der Waals surface area contributed by atoms with Gasteiger partial charge in [-0.25, -0.2) is 0 Å². The van der Waals surface area contributed by atoms with Crippen LogP contribution < -0.4 is 5.32 Å². The smallest absolute Gasteiger partial charge is 0.0356 e. The molecule has 3 atom stereocenters. The van der Waals surface area contributed by atoms with E-state index in [4.69, 9.17) is 0 Å². The third kappa shape index (κ3) is 2.90. The van der Waals surface area contributed by atoms with Gasteiger partial charge >= 0.3 is 0 Å². The molecule has 0 heterocycles. The van der Waals surface area contributed by atoms with E-state index < -0.39 is 0 Å². The van der Waals surface area contributed by atoms with Crippen LogP contribution in [0.25, 0.3) is 0 Å². The first-order valence-corrected chi connectivity index (χ1v) is 8.94. The van der Waals surface area contributed by atoms with Gasteiger partial charge in [0.25, 0.3) is 0 Å². The van der Waals surface area contributed by atoms with Gasteiger partial charge in [0, 0.05) is 6.04 Å². The third-order valence-electron chi connectivity index (χ3n) is 5.94. The molecule has 0 amide bonds. The van der Waals surface area contributed by atoms with Crippen molar-refractivity contribution < 1.29 is 0 Å². The lowest BCUT2D eigenvalue weighted by Crippen LogP contribution is -2.26. The van der Waals surface area contributed by atoms with Gasteiger partial charge in [-0.15, -0.1) is 0 Å². The Balaban J connectivity index is 1.87. The van der Waals surface area contributed by atoms with Gasteiger partial charge in [0.1, 0.15) is 0 Å². The van der Waals surface area contributed by atoms with Crippen LogP contribution in [0.4, 0.5) is 0 Å². The van der Waals surface area contributed by atoms with Gasteiger partial charge in [0.2, 0.25) is 0 Å². The van der Waals surface area contributed by atoms with Gasteiger partial charge in [0.15, 0.2) is 0 Å². The molecule has 1 aromatic rings. The van der Waals surface area contributed by atoms with E-state index in [2.05, 4.69) is 45.1 Å². The Labute approximate surface area is 130 Å². The molecule has 0 aliphatic heterocycles. The molecule has 0 bridgehead atoms. The molecule has 0 radical (unpaired) electrons. The summed E-state index contributed by atoms with van der Waals surface area (Å²) >= 11 is 0. The van der Waals surface area contributed by atoms with Crippen molar-refractivity contribution in [3.8, 4) is 0 Å². The molecule has 1 aromatic carbocycles. The van der Waals surface area contributed by atoms with Crippen LogP contribution in [0.2, 0.25) is 0 Å². The van der Waals surface area contributed by atoms with E-state index >= 15 is 0 Å². The summed E-state index contributed by atoms with van der Waals surface area (Å²) in [4.78, 5) is 0. The fourth-order valence-electron chi connectivity index (χ4n) is 4.61. The molecule has 1 N–H and O–H groups in total. The van der Waals surface area contributed by atoms with Gasteiger partial charge < -0.3 is 5.32 Å². The summed E-state index contributed by atoms with van der Waals surface area (Å²) in [6.07, 6.45) is 7.10. The zero-order valence-electron chi connectivity index (χ0n) is 14.2. The zero-order chi connectivity index (χ0) is 15.0. The molecule has 3 unspecified atom stereocenters. The number of hydrogen-bond donors (Lipinski definition) is 1. The van der Waals surface area contributed by atoms with E-state index in [1.807, 2.05) is 0 Å². The lowest BCUT2D eigenvalue weighted by atomic mass is 9.92. The molecule has 116 valence electrons. The number of fused-ring (bicyclic) bond motifs is 1. The number of benzene rings is 1. The Morgan fingerprint density at radius 3 is 2.24 bits per heavy atom. The van der Waals surface area contributed by atoms with Crippen molar-refractivity contribution in [1.82, 2.24) is 5.32 Å². The predicted octanol–water partition coefficient (Wildman–Crippen LogP) is 5.09. The first-order chi connectivity index (χ1) is 10.1. The second kappa shape index (κ2) is 6.12. The molecule has 0 aromatic heterocycles. The van der Waals surface area contributed by atoms with E-state index in [0.717, 1.165) is 24.3 Å². The fourth-order valence-corrected chi connectivity index (χ4v) is 4.61. The minimum absolute atomic E-state index is 0.595. The Morgan fingerprint density at radius 1 is 1.00 bits per heavy atom. The summed E-state index contributed by atoms with van der Waals surface area (Å²) in [5.41, 5.74) is 5.93. The zero-order valence-corrected chi connectivity index (χ0v) is 14.2. The SMILES string of the molecule is CCCNC(c1cc(C)c(C)cc1C)C1C2CCCCC21. The normalized spacial score (nSPS) is 29.0. The lowest BCUT2D eigenvalue weighted by Gasteiger charge is -2.23. The highest BCUT2D eigenvalue weighted by molar-refractivity contribution is 5.39. The summed E-state index contributed by atoms with van der Waals surface area (Å²) in [6, 6.07) is 5.44. The Morgan fingerprint density at radius 2 is 1.62 bits per heavy atom. The predicted molar refractivity (Wildman–Crippen MR) is 90.6 cm³/mol. The molecule has 2 aliphatic rings. The van der Waals surface area contributed by atoms with Crippen LogP contribution in [0, 0.1) is 38.5 Å². The van der Waals surface area contributed by atoms with E-state index in [1.165, 1.54) is 48.8 Å².